The molecule has 98 valence electrons. The quantitative estimate of drug-likeness (QED) is 0.470. The molecule has 0 saturated heterocycles. The first kappa shape index (κ1) is 13.7. The SMILES string of the molecule is CCOC(=O)/C=C/c1cnc2ccc(I)cn2c1=O. The van der Waals surface area contributed by atoms with Gasteiger partial charge in [-0.15, -0.1) is 0 Å². The van der Waals surface area contributed by atoms with E-state index in [-0.39, 0.29) is 5.56 Å². The first-order valence-electron chi connectivity index (χ1n) is 5.63. The second-order valence-corrected chi connectivity index (χ2v) is 4.93. The Balaban J connectivity index is 2.43. The number of aromatic nitrogens is 2. The number of nitrogens with zero attached hydrogens (tertiary/aromatic N) is 2. The van der Waals surface area contributed by atoms with Crippen LogP contribution in [0.2, 0.25) is 0 Å². The topological polar surface area (TPSA) is 60.7 Å². The van der Waals surface area contributed by atoms with E-state index in [1.54, 1.807) is 19.2 Å². The summed E-state index contributed by atoms with van der Waals surface area (Å²) in [4.78, 5) is 27.5. The first-order valence-corrected chi connectivity index (χ1v) is 6.71. The van der Waals surface area contributed by atoms with Gasteiger partial charge in [-0.25, -0.2) is 9.78 Å². The Kier molecular flexibility index (Phi) is 4.31. The number of carbonyl (C=O) groups excluding carboxylic acids is 1. The van der Waals surface area contributed by atoms with Gasteiger partial charge < -0.3 is 4.74 Å². The Labute approximate surface area is 123 Å². The van der Waals surface area contributed by atoms with E-state index in [2.05, 4.69) is 27.6 Å². The van der Waals surface area contributed by atoms with Gasteiger partial charge in [0.25, 0.3) is 5.56 Å². The van der Waals surface area contributed by atoms with Crippen LogP contribution in [0, 0.1) is 3.57 Å². The lowest BCUT2D eigenvalue weighted by Gasteiger charge is -2.01. The van der Waals surface area contributed by atoms with E-state index < -0.39 is 5.97 Å². The van der Waals surface area contributed by atoms with E-state index in [4.69, 9.17) is 4.74 Å². The van der Waals surface area contributed by atoms with Crippen LogP contribution in [0.1, 0.15) is 12.5 Å². The lowest BCUT2D eigenvalue weighted by molar-refractivity contribution is -0.137. The molecular formula is C13H11IN2O3. The van der Waals surface area contributed by atoms with Gasteiger partial charge in [0.1, 0.15) is 5.65 Å². The average Bonchev–Trinajstić information content (AvgIpc) is 2.39. The van der Waals surface area contributed by atoms with Crippen molar-refractivity contribution in [2.45, 2.75) is 6.92 Å². The fraction of sp³-hybridized carbons (Fsp3) is 0.154. The first-order chi connectivity index (χ1) is 9.11. The van der Waals surface area contributed by atoms with Gasteiger partial charge >= 0.3 is 5.97 Å². The van der Waals surface area contributed by atoms with Gasteiger partial charge in [0, 0.05) is 22.0 Å². The number of hydrogen-bond donors (Lipinski definition) is 0. The molecule has 2 aromatic rings. The van der Waals surface area contributed by atoms with Crippen LogP contribution < -0.4 is 5.56 Å². The zero-order valence-corrected chi connectivity index (χ0v) is 12.3. The maximum atomic E-state index is 12.2. The van der Waals surface area contributed by atoms with Crippen molar-refractivity contribution in [2.24, 2.45) is 0 Å². The molecule has 0 unspecified atom stereocenters. The number of fused-ring (bicyclic) bond motifs is 1. The van der Waals surface area contributed by atoms with E-state index in [0.717, 1.165) is 3.57 Å². The Morgan fingerprint density at radius 2 is 2.32 bits per heavy atom. The summed E-state index contributed by atoms with van der Waals surface area (Å²) in [5, 5.41) is 0. The molecule has 6 heteroatoms. The molecule has 0 spiro atoms. The summed E-state index contributed by atoms with van der Waals surface area (Å²) in [6.45, 7) is 2.02. The van der Waals surface area contributed by atoms with Crippen LogP contribution in [-0.2, 0) is 9.53 Å². The number of hydrogen-bond acceptors (Lipinski definition) is 4. The smallest absolute Gasteiger partial charge is 0.330 e. The highest BCUT2D eigenvalue weighted by molar-refractivity contribution is 14.1. The second kappa shape index (κ2) is 5.96. The molecule has 0 amide bonds. The lowest BCUT2D eigenvalue weighted by atomic mass is 10.3. The summed E-state index contributed by atoms with van der Waals surface area (Å²) in [6.07, 6.45) is 5.79. The van der Waals surface area contributed by atoms with Crippen molar-refractivity contribution in [3.63, 3.8) is 0 Å². The van der Waals surface area contributed by atoms with Crippen LogP contribution in [0.5, 0.6) is 0 Å². The van der Waals surface area contributed by atoms with Crippen molar-refractivity contribution in [3.8, 4) is 0 Å². The molecule has 2 aromatic heterocycles. The maximum absolute atomic E-state index is 12.2. The Morgan fingerprint density at radius 1 is 1.53 bits per heavy atom. The predicted octanol–water partition coefficient (Wildman–Crippen LogP) is 1.88. The third-order valence-electron chi connectivity index (χ3n) is 2.38. The Bertz CT molecular complexity index is 707. The van der Waals surface area contributed by atoms with E-state index in [1.807, 2.05) is 6.07 Å². The van der Waals surface area contributed by atoms with Crippen molar-refractivity contribution < 1.29 is 9.53 Å². The van der Waals surface area contributed by atoms with E-state index in [9.17, 15) is 9.59 Å². The highest BCUT2D eigenvalue weighted by atomic mass is 127. The highest BCUT2D eigenvalue weighted by Gasteiger charge is 2.03. The standard InChI is InChI=1S/C13H11IN2O3/c1-2-19-12(17)6-3-9-7-15-11-5-4-10(14)8-16(11)13(9)18/h3-8H,2H2,1H3/b6-3+. The largest absolute Gasteiger partial charge is 0.463 e. The minimum Gasteiger partial charge on any atom is -0.463 e. The molecule has 0 aliphatic carbocycles. The predicted molar refractivity (Wildman–Crippen MR) is 79.8 cm³/mol. The maximum Gasteiger partial charge on any atom is 0.330 e. The molecule has 0 aliphatic heterocycles. The van der Waals surface area contributed by atoms with E-state index in [0.29, 0.717) is 17.8 Å². The molecule has 0 atom stereocenters. The van der Waals surface area contributed by atoms with Crippen LogP contribution in [0.4, 0.5) is 0 Å². The van der Waals surface area contributed by atoms with Gasteiger partial charge in [-0.05, 0) is 47.7 Å². The fourth-order valence-corrected chi connectivity index (χ4v) is 1.99. The van der Waals surface area contributed by atoms with Crippen molar-refractivity contribution >= 4 is 40.3 Å². The van der Waals surface area contributed by atoms with Gasteiger partial charge in [0.05, 0.1) is 12.2 Å². The summed E-state index contributed by atoms with van der Waals surface area (Å²) in [6, 6.07) is 3.64. The molecule has 0 N–H and O–H groups in total. The number of pyridine rings is 1. The third-order valence-corrected chi connectivity index (χ3v) is 3.02. The van der Waals surface area contributed by atoms with Gasteiger partial charge in [0.15, 0.2) is 0 Å². The minimum atomic E-state index is -0.477. The highest BCUT2D eigenvalue weighted by Crippen LogP contribution is 2.06. The zero-order valence-electron chi connectivity index (χ0n) is 10.2. The monoisotopic (exact) mass is 370 g/mol. The third kappa shape index (κ3) is 3.19. The molecule has 2 rings (SSSR count). The van der Waals surface area contributed by atoms with Crippen molar-refractivity contribution in [1.29, 1.82) is 0 Å². The summed E-state index contributed by atoms with van der Waals surface area (Å²) in [5.41, 5.74) is 0.690. The number of halogens is 1. The van der Waals surface area contributed by atoms with Crippen molar-refractivity contribution in [1.82, 2.24) is 9.38 Å². The molecule has 0 radical (unpaired) electrons. The average molecular weight is 370 g/mol. The number of ether oxygens (including phenoxy) is 1. The Morgan fingerprint density at radius 3 is 3.05 bits per heavy atom. The summed E-state index contributed by atoms with van der Waals surface area (Å²) < 4.78 is 7.14. The number of carbonyl (C=O) groups is 1. The van der Waals surface area contributed by atoms with E-state index in [1.165, 1.54) is 22.7 Å². The van der Waals surface area contributed by atoms with Crippen LogP contribution in [-0.4, -0.2) is 22.0 Å². The number of esters is 1. The van der Waals surface area contributed by atoms with Gasteiger partial charge in [-0.2, -0.15) is 0 Å². The van der Waals surface area contributed by atoms with Crippen molar-refractivity contribution in [2.75, 3.05) is 6.61 Å². The zero-order chi connectivity index (χ0) is 13.8. The molecule has 0 aliphatic rings. The van der Waals surface area contributed by atoms with E-state index >= 15 is 0 Å². The minimum absolute atomic E-state index is 0.218. The van der Waals surface area contributed by atoms with Crippen LogP contribution in [0.25, 0.3) is 11.7 Å². The molecule has 0 fully saturated rings. The molecule has 5 nitrogen and oxygen atoms in total. The van der Waals surface area contributed by atoms with Gasteiger partial charge in [-0.3, -0.25) is 9.20 Å². The molecule has 0 aromatic carbocycles. The van der Waals surface area contributed by atoms with Crippen LogP contribution in [0.3, 0.4) is 0 Å². The van der Waals surface area contributed by atoms with Crippen LogP contribution in [0.15, 0.2) is 35.4 Å². The Hall–Kier alpha value is -1.70. The molecular weight excluding hydrogens is 359 g/mol. The van der Waals surface area contributed by atoms with Gasteiger partial charge in [0.2, 0.25) is 0 Å². The lowest BCUT2D eigenvalue weighted by Crippen LogP contribution is -2.17. The normalized spacial score (nSPS) is 11.1. The van der Waals surface area contributed by atoms with Crippen LogP contribution >= 0.6 is 22.6 Å². The molecule has 19 heavy (non-hydrogen) atoms. The van der Waals surface area contributed by atoms with Crippen molar-refractivity contribution in [3.05, 3.63) is 50.1 Å². The fourth-order valence-electron chi connectivity index (χ4n) is 1.53. The summed E-state index contributed by atoms with van der Waals surface area (Å²) in [7, 11) is 0. The summed E-state index contributed by atoms with van der Waals surface area (Å²) in [5.74, 6) is -0.477. The summed E-state index contributed by atoms with van der Waals surface area (Å²) >= 11 is 2.12. The molecule has 0 saturated carbocycles. The number of rotatable bonds is 3. The molecule has 0 bridgehead atoms. The second-order valence-electron chi connectivity index (χ2n) is 3.68. The molecule has 2 heterocycles. The van der Waals surface area contributed by atoms with Gasteiger partial charge in [-0.1, -0.05) is 0 Å².